The van der Waals surface area contributed by atoms with Crippen molar-refractivity contribution in [2.24, 2.45) is 5.10 Å². The first-order valence-electron chi connectivity index (χ1n) is 8.22. The Morgan fingerprint density at radius 2 is 2.07 bits per heavy atom. The molecule has 3 rings (SSSR count). The maximum absolute atomic E-state index is 12.1. The first-order valence-corrected chi connectivity index (χ1v) is 9.21. The van der Waals surface area contributed by atoms with Gasteiger partial charge in [-0.05, 0) is 31.7 Å². The van der Waals surface area contributed by atoms with E-state index in [1.165, 1.54) is 22.9 Å². The summed E-state index contributed by atoms with van der Waals surface area (Å²) >= 11 is 1.06. The summed E-state index contributed by atoms with van der Waals surface area (Å²) in [6.07, 6.45) is 4.18. The average molecular weight is 390 g/mol. The lowest BCUT2D eigenvalue weighted by Crippen LogP contribution is -2.17. The number of thioether (sulfide) groups is 1. The van der Waals surface area contributed by atoms with Crippen LogP contribution in [0.3, 0.4) is 0 Å². The molecule has 1 saturated carbocycles. The molecule has 1 aliphatic carbocycles. The third kappa shape index (κ3) is 4.73. The van der Waals surface area contributed by atoms with Gasteiger partial charge in [0.2, 0.25) is 11.1 Å². The Bertz CT molecular complexity index is 874. The molecular weight excluding hydrogens is 372 g/mol. The SMILES string of the molecule is Nn1c(NN=C2CCCC2)nnc1SCC(=O)Nc1ccccc1[N+](=O)[O-]. The number of nitro groups is 1. The lowest BCUT2D eigenvalue weighted by atomic mass is 10.2. The van der Waals surface area contributed by atoms with E-state index < -0.39 is 10.8 Å². The number of rotatable bonds is 7. The van der Waals surface area contributed by atoms with Crippen LogP contribution in [-0.2, 0) is 4.79 Å². The number of hydrazone groups is 1. The summed E-state index contributed by atoms with van der Waals surface area (Å²) < 4.78 is 1.21. The van der Waals surface area contributed by atoms with Crippen LogP contribution in [0.15, 0.2) is 34.5 Å². The number of carbonyl (C=O) groups excluding carboxylic acids is 1. The Morgan fingerprint density at radius 1 is 1.33 bits per heavy atom. The second-order valence-corrected chi connectivity index (χ2v) is 6.73. The van der Waals surface area contributed by atoms with E-state index >= 15 is 0 Å². The molecule has 27 heavy (non-hydrogen) atoms. The van der Waals surface area contributed by atoms with Gasteiger partial charge in [-0.2, -0.15) is 5.10 Å². The van der Waals surface area contributed by atoms with E-state index in [0.29, 0.717) is 5.16 Å². The molecule has 1 heterocycles. The number of nitrogens with one attached hydrogen (secondary N) is 2. The van der Waals surface area contributed by atoms with Crippen molar-refractivity contribution in [3.05, 3.63) is 34.4 Å². The van der Waals surface area contributed by atoms with Crippen molar-refractivity contribution >= 4 is 40.7 Å². The molecule has 142 valence electrons. The zero-order chi connectivity index (χ0) is 19.2. The summed E-state index contributed by atoms with van der Waals surface area (Å²) in [6, 6.07) is 5.93. The van der Waals surface area contributed by atoms with Gasteiger partial charge < -0.3 is 11.2 Å². The number of nitrogen functional groups attached to an aromatic ring is 1. The fourth-order valence-electron chi connectivity index (χ4n) is 2.53. The first kappa shape index (κ1) is 18.6. The monoisotopic (exact) mass is 390 g/mol. The van der Waals surface area contributed by atoms with Crippen LogP contribution < -0.4 is 16.6 Å². The van der Waals surface area contributed by atoms with Crippen LogP contribution in [0.2, 0.25) is 0 Å². The van der Waals surface area contributed by atoms with Gasteiger partial charge in [0, 0.05) is 11.8 Å². The molecular formula is C15H18N8O3S. The largest absolute Gasteiger partial charge is 0.334 e. The van der Waals surface area contributed by atoms with Crippen molar-refractivity contribution in [3.8, 4) is 0 Å². The number of para-hydroxylation sites is 2. The summed E-state index contributed by atoms with van der Waals surface area (Å²) in [7, 11) is 0. The highest BCUT2D eigenvalue weighted by atomic mass is 32.2. The van der Waals surface area contributed by atoms with Crippen LogP contribution in [0, 0.1) is 10.1 Å². The molecule has 2 aromatic rings. The normalized spacial score (nSPS) is 13.4. The predicted molar refractivity (Wildman–Crippen MR) is 102 cm³/mol. The second-order valence-electron chi connectivity index (χ2n) is 5.78. The number of nitrogens with two attached hydrogens (primary N) is 1. The van der Waals surface area contributed by atoms with Crippen LogP contribution in [0.4, 0.5) is 17.3 Å². The molecule has 0 aliphatic heterocycles. The Balaban J connectivity index is 1.56. The van der Waals surface area contributed by atoms with Crippen LogP contribution in [0.25, 0.3) is 0 Å². The quantitative estimate of drug-likeness (QED) is 0.281. The zero-order valence-electron chi connectivity index (χ0n) is 14.3. The van der Waals surface area contributed by atoms with E-state index in [-0.39, 0.29) is 23.1 Å². The Hall–Kier alpha value is -3.15. The van der Waals surface area contributed by atoms with Gasteiger partial charge in [-0.15, -0.1) is 10.2 Å². The van der Waals surface area contributed by atoms with Crippen molar-refractivity contribution in [1.29, 1.82) is 0 Å². The van der Waals surface area contributed by atoms with Gasteiger partial charge in [0.05, 0.1) is 10.7 Å². The smallest absolute Gasteiger partial charge is 0.292 e. The number of carbonyl (C=O) groups is 1. The molecule has 1 amide bonds. The van der Waals surface area contributed by atoms with E-state index in [4.69, 9.17) is 5.84 Å². The lowest BCUT2D eigenvalue weighted by Gasteiger charge is -2.06. The molecule has 1 fully saturated rings. The highest BCUT2D eigenvalue weighted by Gasteiger charge is 2.17. The minimum Gasteiger partial charge on any atom is -0.334 e. The van der Waals surface area contributed by atoms with E-state index in [1.807, 2.05) is 0 Å². The van der Waals surface area contributed by atoms with E-state index in [2.05, 4.69) is 26.0 Å². The van der Waals surface area contributed by atoms with Gasteiger partial charge in [-0.25, -0.2) is 10.1 Å². The number of anilines is 2. The topological polar surface area (TPSA) is 153 Å². The van der Waals surface area contributed by atoms with Gasteiger partial charge in [-0.1, -0.05) is 23.9 Å². The second kappa shape index (κ2) is 8.49. The summed E-state index contributed by atoms with van der Waals surface area (Å²) in [6.45, 7) is 0. The number of hydrogen-bond acceptors (Lipinski definition) is 9. The molecule has 0 saturated heterocycles. The minimum absolute atomic E-state index is 0.0318. The summed E-state index contributed by atoms with van der Waals surface area (Å²) in [5.74, 6) is 5.73. The number of amides is 1. The van der Waals surface area contributed by atoms with Crippen LogP contribution in [0.5, 0.6) is 0 Å². The summed E-state index contributed by atoms with van der Waals surface area (Å²) in [5, 5.41) is 25.9. The number of aromatic nitrogens is 3. The standard InChI is InChI=1S/C15H18N8O3S/c16-22-14(19-18-10-5-1-2-6-10)20-21-15(22)27-9-13(24)17-11-7-3-4-8-12(11)23(25)26/h3-4,7-8H,1-2,5-6,9,16H2,(H,17,24)(H,19,20). The summed E-state index contributed by atoms with van der Waals surface area (Å²) in [5.41, 5.74) is 3.82. The number of hydrogen-bond donors (Lipinski definition) is 3. The fraction of sp³-hybridized carbons (Fsp3) is 0.333. The van der Waals surface area contributed by atoms with Crippen molar-refractivity contribution < 1.29 is 9.72 Å². The highest BCUT2D eigenvalue weighted by Crippen LogP contribution is 2.24. The van der Waals surface area contributed by atoms with Gasteiger partial charge in [0.1, 0.15) is 5.69 Å². The predicted octanol–water partition coefficient (Wildman–Crippen LogP) is 1.97. The third-order valence-electron chi connectivity index (χ3n) is 3.87. The van der Waals surface area contributed by atoms with Crippen molar-refractivity contribution in [2.75, 3.05) is 22.3 Å². The van der Waals surface area contributed by atoms with E-state index in [9.17, 15) is 14.9 Å². The molecule has 4 N–H and O–H groups in total. The third-order valence-corrected chi connectivity index (χ3v) is 4.81. The average Bonchev–Trinajstić information content (AvgIpc) is 3.28. The number of benzene rings is 1. The fourth-order valence-corrected chi connectivity index (χ4v) is 3.19. The lowest BCUT2D eigenvalue weighted by molar-refractivity contribution is -0.383. The van der Waals surface area contributed by atoms with Crippen LogP contribution >= 0.6 is 11.8 Å². The zero-order valence-corrected chi connectivity index (χ0v) is 15.1. The number of nitrogens with zero attached hydrogens (tertiary/aromatic N) is 5. The van der Waals surface area contributed by atoms with Crippen molar-refractivity contribution in [2.45, 2.75) is 30.8 Å². The summed E-state index contributed by atoms with van der Waals surface area (Å²) in [4.78, 5) is 22.5. The highest BCUT2D eigenvalue weighted by molar-refractivity contribution is 7.99. The first-order chi connectivity index (χ1) is 13.0. The molecule has 12 heteroatoms. The molecule has 0 atom stereocenters. The van der Waals surface area contributed by atoms with E-state index in [1.54, 1.807) is 6.07 Å². The number of nitro benzene ring substituents is 1. The maximum Gasteiger partial charge on any atom is 0.292 e. The molecule has 0 spiro atoms. The van der Waals surface area contributed by atoms with Crippen molar-refractivity contribution in [3.63, 3.8) is 0 Å². The molecule has 0 unspecified atom stereocenters. The van der Waals surface area contributed by atoms with Gasteiger partial charge in [0.15, 0.2) is 0 Å². The van der Waals surface area contributed by atoms with Crippen LogP contribution in [0.1, 0.15) is 25.7 Å². The minimum atomic E-state index is -0.553. The molecule has 1 aliphatic rings. The van der Waals surface area contributed by atoms with Gasteiger partial charge in [-0.3, -0.25) is 14.9 Å². The maximum atomic E-state index is 12.1. The molecule has 1 aromatic carbocycles. The van der Waals surface area contributed by atoms with Crippen molar-refractivity contribution in [1.82, 2.24) is 14.9 Å². The Kier molecular flexibility index (Phi) is 5.86. The molecule has 0 radical (unpaired) electrons. The van der Waals surface area contributed by atoms with Gasteiger partial charge >= 0.3 is 0 Å². The Morgan fingerprint density at radius 3 is 2.81 bits per heavy atom. The van der Waals surface area contributed by atoms with Gasteiger partial charge in [0.25, 0.3) is 11.6 Å². The molecule has 0 bridgehead atoms. The molecule has 1 aromatic heterocycles. The Labute approximate surface area is 158 Å². The van der Waals surface area contributed by atoms with E-state index in [0.717, 1.165) is 43.2 Å². The molecule has 11 nitrogen and oxygen atoms in total. The van der Waals surface area contributed by atoms with Crippen LogP contribution in [-0.4, -0.2) is 37.2 Å².